The van der Waals surface area contributed by atoms with Crippen LogP contribution < -0.4 is 5.32 Å². The molecule has 0 aromatic heterocycles. The van der Waals surface area contributed by atoms with Crippen molar-refractivity contribution in [2.75, 3.05) is 31.1 Å². The zero-order valence-electron chi connectivity index (χ0n) is 11.7. The third kappa shape index (κ3) is 3.05. The van der Waals surface area contributed by atoms with Crippen LogP contribution >= 0.6 is 0 Å². The predicted octanol–water partition coefficient (Wildman–Crippen LogP) is 1.21. The van der Waals surface area contributed by atoms with Crippen LogP contribution in [0.1, 0.15) is 24.4 Å². The van der Waals surface area contributed by atoms with Gasteiger partial charge in [-0.25, -0.2) is 8.42 Å². The maximum absolute atomic E-state index is 11.9. The van der Waals surface area contributed by atoms with Gasteiger partial charge in [-0.3, -0.25) is 4.90 Å². The molecule has 110 valence electrons. The van der Waals surface area contributed by atoms with E-state index in [4.69, 9.17) is 0 Å². The van der Waals surface area contributed by atoms with Gasteiger partial charge in [0.1, 0.15) is 0 Å². The minimum atomic E-state index is -2.85. The van der Waals surface area contributed by atoms with E-state index >= 15 is 0 Å². The Morgan fingerprint density at radius 2 is 2.00 bits per heavy atom. The second kappa shape index (κ2) is 5.84. The third-order valence-electron chi connectivity index (χ3n) is 4.38. The summed E-state index contributed by atoms with van der Waals surface area (Å²) in [5, 5.41) is 3.43. The smallest absolute Gasteiger partial charge is 0.151 e. The van der Waals surface area contributed by atoms with E-state index in [0.29, 0.717) is 17.5 Å². The van der Waals surface area contributed by atoms with Crippen molar-refractivity contribution in [1.29, 1.82) is 0 Å². The number of piperazine rings is 1. The summed E-state index contributed by atoms with van der Waals surface area (Å²) in [6.45, 7) is 2.78. The molecule has 2 heterocycles. The number of nitrogens with one attached hydrogen (secondary N) is 1. The maximum Gasteiger partial charge on any atom is 0.151 e. The molecule has 1 N–H and O–H groups in total. The molecule has 2 atom stereocenters. The molecule has 0 aliphatic carbocycles. The molecule has 1 aromatic rings. The standard InChI is InChI=1S/C15H22N2O2S/c18-20(19)10-4-7-14(12-20)17-9-8-16-11-15(17)13-5-2-1-3-6-13/h1-3,5-6,14-16H,4,7-12H2. The van der Waals surface area contributed by atoms with Gasteiger partial charge in [0.15, 0.2) is 9.84 Å². The first-order valence-corrected chi connectivity index (χ1v) is 9.20. The number of rotatable bonds is 2. The number of nitrogens with zero attached hydrogens (tertiary/aromatic N) is 1. The van der Waals surface area contributed by atoms with Crippen molar-refractivity contribution in [2.24, 2.45) is 0 Å². The quantitative estimate of drug-likeness (QED) is 0.891. The first-order valence-electron chi connectivity index (χ1n) is 7.37. The minimum absolute atomic E-state index is 0.182. The Balaban J connectivity index is 1.82. The number of sulfone groups is 1. The normalized spacial score (nSPS) is 31.0. The van der Waals surface area contributed by atoms with Gasteiger partial charge in [-0.15, -0.1) is 0 Å². The fraction of sp³-hybridized carbons (Fsp3) is 0.600. The van der Waals surface area contributed by atoms with Crippen molar-refractivity contribution >= 4 is 9.84 Å². The van der Waals surface area contributed by atoms with Gasteiger partial charge in [-0.1, -0.05) is 30.3 Å². The average Bonchev–Trinajstić information content (AvgIpc) is 2.47. The van der Waals surface area contributed by atoms with Gasteiger partial charge in [-0.2, -0.15) is 0 Å². The lowest BCUT2D eigenvalue weighted by atomic mass is 10.00. The van der Waals surface area contributed by atoms with E-state index in [1.54, 1.807) is 0 Å². The van der Waals surface area contributed by atoms with Gasteiger partial charge in [0.25, 0.3) is 0 Å². The van der Waals surface area contributed by atoms with Crippen molar-refractivity contribution in [3.8, 4) is 0 Å². The summed E-state index contributed by atoms with van der Waals surface area (Å²) < 4.78 is 23.8. The van der Waals surface area contributed by atoms with Gasteiger partial charge >= 0.3 is 0 Å². The van der Waals surface area contributed by atoms with E-state index in [1.807, 2.05) is 6.07 Å². The molecular weight excluding hydrogens is 272 g/mol. The SMILES string of the molecule is O=S1(=O)CCCC(N2CCNCC2c2ccccc2)C1. The van der Waals surface area contributed by atoms with Gasteiger partial charge < -0.3 is 5.32 Å². The fourth-order valence-electron chi connectivity index (χ4n) is 3.40. The summed E-state index contributed by atoms with van der Waals surface area (Å²) in [6, 6.07) is 10.9. The highest BCUT2D eigenvalue weighted by Crippen LogP contribution is 2.28. The minimum Gasteiger partial charge on any atom is -0.314 e. The molecule has 0 saturated carbocycles. The van der Waals surface area contributed by atoms with Crippen LogP contribution in [0.25, 0.3) is 0 Å². The van der Waals surface area contributed by atoms with Crippen molar-refractivity contribution in [3.63, 3.8) is 0 Å². The molecule has 4 nitrogen and oxygen atoms in total. The molecule has 5 heteroatoms. The zero-order valence-corrected chi connectivity index (χ0v) is 12.5. The number of hydrogen-bond acceptors (Lipinski definition) is 4. The Bertz CT molecular complexity index is 544. The summed E-state index contributed by atoms with van der Waals surface area (Å²) in [5.41, 5.74) is 1.28. The average molecular weight is 294 g/mol. The van der Waals surface area contributed by atoms with Crippen molar-refractivity contribution in [2.45, 2.75) is 24.9 Å². The first kappa shape index (κ1) is 14.0. The predicted molar refractivity (Wildman–Crippen MR) is 80.4 cm³/mol. The van der Waals surface area contributed by atoms with Gasteiger partial charge in [0.05, 0.1) is 11.5 Å². The topological polar surface area (TPSA) is 49.4 Å². The lowest BCUT2D eigenvalue weighted by Crippen LogP contribution is -2.53. The molecule has 1 aromatic carbocycles. The largest absolute Gasteiger partial charge is 0.314 e. The molecule has 2 aliphatic rings. The molecule has 2 aliphatic heterocycles. The van der Waals surface area contributed by atoms with Crippen LogP contribution in [0.5, 0.6) is 0 Å². The van der Waals surface area contributed by atoms with Crippen molar-refractivity contribution < 1.29 is 8.42 Å². The van der Waals surface area contributed by atoms with Crippen LogP contribution in [0.4, 0.5) is 0 Å². The highest BCUT2D eigenvalue weighted by Gasteiger charge is 2.34. The van der Waals surface area contributed by atoms with Crippen LogP contribution in [0.3, 0.4) is 0 Å². The van der Waals surface area contributed by atoms with Crippen LogP contribution in [0, 0.1) is 0 Å². The molecule has 0 bridgehead atoms. The summed E-state index contributed by atoms with van der Waals surface area (Å²) in [4.78, 5) is 2.41. The summed E-state index contributed by atoms with van der Waals surface area (Å²) in [7, 11) is -2.85. The Kier molecular flexibility index (Phi) is 4.10. The molecule has 0 spiro atoms. The summed E-state index contributed by atoms with van der Waals surface area (Å²) >= 11 is 0. The zero-order chi connectivity index (χ0) is 14.0. The van der Waals surface area contributed by atoms with E-state index < -0.39 is 9.84 Å². The Hall–Kier alpha value is -0.910. The molecule has 2 saturated heterocycles. The van der Waals surface area contributed by atoms with Crippen molar-refractivity contribution in [3.05, 3.63) is 35.9 Å². The van der Waals surface area contributed by atoms with Crippen molar-refractivity contribution in [1.82, 2.24) is 10.2 Å². The van der Waals surface area contributed by atoms with Gasteiger partial charge in [-0.05, 0) is 18.4 Å². The molecular formula is C15H22N2O2S. The van der Waals surface area contributed by atoms with Crippen LogP contribution in [-0.4, -0.2) is 50.5 Å². The van der Waals surface area contributed by atoms with E-state index in [1.165, 1.54) is 5.56 Å². The molecule has 0 radical (unpaired) electrons. The molecule has 3 rings (SSSR count). The monoisotopic (exact) mass is 294 g/mol. The fourth-order valence-corrected chi connectivity index (χ4v) is 5.12. The summed E-state index contributed by atoms with van der Waals surface area (Å²) in [6.07, 6.45) is 1.81. The second-order valence-corrected chi connectivity index (χ2v) is 8.01. The maximum atomic E-state index is 11.9. The highest BCUT2D eigenvalue weighted by atomic mass is 32.2. The number of benzene rings is 1. The Morgan fingerprint density at radius 3 is 2.75 bits per heavy atom. The molecule has 0 amide bonds. The van der Waals surface area contributed by atoms with E-state index in [-0.39, 0.29) is 6.04 Å². The Labute approximate surface area is 121 Å². The molecule has 2 fully saturated rings. The van der Waals surface area contributed by atoms with Crippen LogP contribution in [-0.2, 0) is 9.84 Å². The molecule has 2 unspecified atom stereocenters. The van der Waals surface area contributed by atoms with Gasteiger partial charge in [0, 0.05) is 31.7 Å². The summed E-state index contributed by atoms with van der Waals surface area (Å²) in [5.74, 6) is 0.696. The molecule has 20 heavy (non-hydrogen) atoms. The highest BCUT2D eigenvalue weighted by molar-refractivity contribution is 7.91. The third-order valence-corrected chi connectivity index (χ3v) is 6.18. The van der Waals surface area contributed by atoms with Crippen LogP contribution in [0.2, 0.25) is 0 Å². The second-order valence-electron chi connectivity index (χ2n) is 5.78. The first-order chi connectivity index (χ1) is 9.66. The lowest BCUT2D eigenvalue weighted by Gasteiger charge is -2.43. The van der Waals surface area contributed by atoms with E-state index in [9.17, 15) is 8.42 Å². The number of hydrogen-bond donors (Lipinski definition) is 1. The Morgan fingerprint density at radius 1 is 1.20 bits per heavy atom. The lowest BCUT2D eigenvalue weighted by molar-refractivity contribution is 0.108. The van der Waals surface area contributed by atoms with Gasteiger partial charge in [0.2, 0.25) is 0 Å². The van der Waals surface area contributed by atoms with E-state index in [0.717, 1.165) is 32.5 Å². The van der Waals surface area contributed by atoms with E-state index in [2.05, 4.69) is 34.5 Å². The van der Waals surface area contributed by atoms with Crippen LogP contribution in [0.15, 0.2) is 30.3 Å².